The summed E-state index contributed by atoms with van der Waals surface area (Å²) in [6, 6.07) is 4.43. The van der Waals surface area contributed by atoms with Crippen molar-refractivity contribution in [2.45, 2.75) is 18.9 Å². The Kier molecular flexibility index (Phi) is 4.29. The predicted molar refractivity (Wildman–Crippen MR) is 58.5 cm³/mol. The number of aliphatic hydroxyl groups is 1. The van der Waals surface area contributed by atoms with Gasteiger partial charge in [0, 0.05) is 4.47 Å². The first kappa shape index (κ1) is 11.4. The minimum Gasteiger partial charge on any atom is -0.388 e. The highest BCUT2D eigenvalue weighted by atomic mass is 79.9. The van der Waals surface area contributed by atoms with Crippen LogP contribution in [-0.2, 0) is 0 Å². The summed E-state index contributed by atoms with van der Waals surface area (Å²) in [7, 11) is 0. The summed E-state index contributed by atoms with van der Waals surface area (Å²) in [4.78, 5) is 0. The van der Waals surface area contributed by atoms with Crippen molar-refractivity contribution >= 4 is 15.9 Å². The zero-order valence-corrected chi connectivity index (χ0v) is 9.30. The first-order valence-electron chi connectivity index (χ1n) is 4.38. The molecule has 1 nitrogen and oxygen atoms in total. The van der Waals surface area contributed by atoms with E-state index in [1.165, 1.54) is 12.1 Å². The van der Waals surface area contributed by atoms with Crippen LogP contribution < -0.4 is 0 Å². The minimum absolute atomic E-state index is 0.341. The topological polar surface area (TPSA) is 20.2 Å². The molecule has 0 aromatic heterocycles. The fourth-order valence-electron chi connectivity index (χ4n) is 1.21. The first-order chi connectivity index (χ1) is 6.63. The van der Waals surface area contributed by atoms with E-state index < -0.39 is 6.10 Å². The fraction of sp³-hybridized carbons (Fsp3) is 0.273. The van der Waals surface area contributed by atoms with E-state index >= 15 is 0 Å². The van der Waals surface area contributed by atoms with Crippen LogP contribution in [0.5, 0.6) is 0 Å². The Morgan fingerprint density at radius 2 is 2.21 bits per heavy atom. The van der Waals surface area contributed by atoms with E-state index in [0.29, 0.717) is 16.5 Å². The van der Waals surface area contributed by atoms with E-state index in [1.807, 2.05) is 0 Å². The molecule has 1 unspecified atom stereocenters. The Morgan fingerprint density at radius 1 is 1.50 bits per heavy atom. The second-order valence-electron chi connectivity index (χ2n) is 3.08. The van der Waals surface area contributed by atoms with Crippen LogP contribution in [0.15, 0.2) is 35.3 Å². The monoisotopic (exact) mass is 258 g/mol. The molecule has 0 bridgehead atoms. The average molecular weight is 259 g/mol. The lowest BCUT2D eigenvalue weighted by molar-refractivity contribution is 0.168. The van der Waals surface area contributed by atoms with Crippen molar-refractivity contribution in [1.29, 1.82) is 0 Å². The Labute approximate surface area is 91.4 Å². The molecule has 0 radical (unpaired) electrons. The lowest BCUT2D eigenvalue weighted by atomic mass is 10.1. The Bertz CT molecular complexity index is 305. The molecular weight excluding hydrogens is 247 g/mol. The van der Waals surface area contributed by atoms with Crippen molar-refractivity contribution < 1.29 is 9.50 Å². The lowest BCUT2D eigenvalue weighted by Crippen LogP contribution is -1.97. The molecule has 0 saturated carbocycles. The van der Waals surface area contributed by atoms with E-state index in [2.05, 4.69) is 22.5 Å². The maximum Gasteiger partial charge on any atom is 0.124 e. The van der Waals surface area contributed by atoms with Crippen LogP contribution in [0.1, 0.15) is 24.5 Å². The van der Waals surface area contributed by atoms with Crippen molar-refractivity contribution in [3.05, 3.63) is 46.7 Å². The molecule has 0 saturated heterocycles. The highest BCUT2D eigenvalue weighted by Crippen LogP contribution is 2.23. The number of benzene rings is 1. The number of aliphatic hydroxyl groups excluding tert-OH is 1. The molecule has 0 spiro atoms. The molecule has 0 aliphatic heterocycles. The Morgan fingerprint density at radius 3 is 2.79 bits per heavy atom. The van der Waals surface area contributed by atoms with Crippen LogP contribution in [0.4, 0.5) is 4.39 Å². The summed E-state index contributed by atoms with van der Waals surface area (Å²) in [5.41, 5.74) is 0.596. The number of halogens is 2. The maximum atomic E-state index is 12.9. The van der Waals surface area contributed by atoms with Gasteiger partial charge in [0.1, 0.15) is 5.82 Å². The van der Waals surface area contributed by atoms with Crippen molar-refractivity contribution in [3.63, 3.8) is 0 Å². The lowest BCUT2D eigenvalue weighted by Gasteiger charge is -2.10. The van der Waals surface area contributed by atoms with Crippen LogP contribution in [0.3, 0.4) is 0 Å². The van der Waals surface area contributed by atoms with Gasteiger partial charge in [0.05, 0.1) is 6.10 Å². The largest absolute Gasteiger partial charge is 0.388 e. The summed E-state index contributed by atoms with van der Waals surface area (Å²) >= 11 is 3.18. The molecule has 1 rings (SSSR count). The van der Waals surface area contributed by atoms with Gasteiger partial charge < -0.3 is 5.11 Å². The molecule has 1 aromatic carbocycles. The third-order valence-electron chi connectivity index (χ3n) is 1.91. The summed E-state index contributed by atoms with van der Waals surface area (Å²) in [5, 5.41) is 9.67. The van der Waals surface area contributed by atoms with Gasteiger partial charge in [-0.25, -0.2) is 4.39 Å². The summed E-state index contributed by atoms with van der Waals surface area (Å²) in [6.07, 6.45) is 2.40. The third-order valence-corrected chi connectivity index (χ3v) is 2.37. The molecule has 0 heterocycles. The van der Waals surface area contributed by atoms with Crippen LogP contribution in [0.2, 0.25) is 0 Å². The molecule has 0 amide bonds. The number of rotatable bonds is 4. The van der Waals surface area contributed by atoms with E-state index in [1.54, 1.807) is 12.1 Å². The average Bonchev–Trinajstić information content (AvgIpc) is 2.12. The van der Waals surface area contributed by atoms with E-state index in [9.17, 15) is 9.50 Å². The SMILES string of the molecule is C=CCCC(O)c1cc(F)cc(Br)c1. The summed E-state index contributed by atoms with van der Waals surface area (Å²) < 4.78 is 13.6. The highest BCUT2D eigenvalue weighted by Gasteiger charge is 2.08. The van der Waals surface area contributed by atoms with Gasteiger partial charge in [0.25, 0.3) is 0 Å². The second-order valence-corrected chi connectivity index (χ2v) is 4.00. The highest BCUT2D eigenvalue weighted by molar-refractivity contribution is 9.10. The maximum absolute atomic E-state index is 12.9. The van der Waals surface area contributed by atoms with Gasteiger partial charge in [-0.1, -0.05) is 22.0 Å². The Hall–Kier alpha value is -0.670. The zero-order chi connectivity index (χ0) is 10.6. The van der Waals surface area contributed by atoms with Crippen molar-refractivity contribution in [1.82, 2.24) is 0 Å². The molecular formula is C11H12BrFO. The van der Waals surface area contributed by atoms with Crippen LogP contribution in [0.25, 0.3) is 0 Å². The normalized spacial score (nSPS) is 12.5. The molecule has 0 fully saturated rings. The molecule has 1 N–H and O–H groups in total. The van der Waals surface area contributed by atoms with Gasteiger partial charge >= 0.3 is 0 Å². The third kappa shape index (κ3) is 3.24. The van der Waals surface area contributed by atoms with Gasteiger partial charge in [-0.3, -0.25) is 0 Å². The van der Waals surface area contributed by atoms with E-state index in [-0.39, 0.29) is 5.82 Å². The molecule has 14 heavy (non-hydrogen) atoms. The zero-order valence-electron chi connectivity index (χ0n) is 7.71. The summed E-state index contributed by atoms with van der Waals surface area (Å²) in [5.74, 6) is -0.341. The van der Waals surface area contributed by atoms with Gasteiger partial charge in [-0.2, -0.15) is 0 Å². The fourth-order valence-corrected chi connectivity index (χ4v) is 1.69. The standard InChI is InChI=1S/C11H12BrFO/c1-2-3-4-11(14)8-5-9(12)7-10(13)6-8/h2,5-7,11,14H,1,3-4H2. The van der Waals surface area contributed by atoms with Gasteiger partial charge in [0.15, 0.2) is 0 Å². The van der Waals surface area contributed by atoms with Gasteiger partial charge in [-0.05, 0) is 36.6 Å². The van der Waals surface area contributed by atoms with Crippen molar-refractivity contribution in [2.24, 2.45) is 0 Å². The van der Waals surface area contributed by atoms with Crippen molar-refractivity contribution in [2.75, 3.05) is 0 Å². The Balaban J connectivity index is 2.78. The number of hydrogen-bond donors (Lipinski definition) is 1. The molecule has 3 heteroatoms. The first-order valence-corrected chi connectivity index (χ1v) is 5.17. The molecule has 1 atom stereocenters. The quantitative estimate of drug-likeness (QED) is 0.819. The number of allylic oxidation sites excluding steroid dienone is 1. The number of hydrogen-bond acceptors (Lipinski definition) is 1. The van der Waals surface area contributed by atoms with E-state index in [0.717, 1.165) is 6.42 Å². The minimum atomic E-state index is -0.625. The molecule has 76 valence electrons. The van der Waals surface area contributed by atoms with Gasteiger partial charge in [0.2, 0.25) is 0 Å². The predicted octanol–water partition coefficient (Wildman–Crippen LogP) is 3.59. The van der Waals surface area contributed by atoms with Crippen LogP contribution in [0, 0.1) is 5.82 Å². The molecule has 0 aliphatic rings. The van der Waals surface area contributed by atoms with Gasteiger partial charge in [-0.15, -0.1) is 6.58 Å². The van der Waals surface area contributed by atoms with Crippen LogP contribution >= 0.6 is 15.9 Å². The molecule has 1 aromatic rings. The molecule has 0 aliphatic carbocycles. The van der Waals surface area contributed by atoms with Crippen LogP contribution in [-0.4, -0.2) is 5.11 Å². The summed E-state index contributed by atoms with van der Waals surface area (Å²) in [6.45, 7) is 3.57. The van der Waals surface area contributed by atoms with Crippen molar-refractivity contribution in [3.8, 4) is 0 Å². The second kappa shape index (κ2) is 5.27. The smallest absolute Gasteiger partial charge is 0.124 e. The van der Waals surface area contributed by atoms with E-state index in [4.69, 9.17) is 0 Å².